The van der Waals surface area contributed by atoms with E-state index in [1.807, 2.05) is 0 Å². The molecule has 0 amide bonds. The van der Waals surface area contributed by atoms with Gasteiger partial charge in [0.15, 0.2) is 16.6 Å². The molecule has 1 fully saturated rings. The second kappa shape index (κ2) is 9.96. The van der Waals surface area contributed by atoms with Crippen molar-refractivity contribution in [2.75, 3.05) is 43.5 Å². The minimum atomic E-state index is -0.466. The maximum Gasteiger partial charge on any atom is 0.189 e. The first kappa shape index (κ1) is 22.0. The van der Waals surface area contributed by atoms with E-state index in [9.17, 15) is 4.39 Å². The summed E-state index contributed by atoms with van der Waals surface area (Å²) in [5.41, 5.74) is 3.47. The van der Waals surface area contributed by atoms with E-state index in [1.165, 1.54) is 35.4 Å². The molecule has 2 aromatic heterocycles. The Bertz CT molecular complexity index is 1250. The van der Waals surface area contributed by atoms with Crippen molar-refractivity contribution in [2.24, 2.45) is 0 Å². The van der Waals surface area contributed by atoms with Crippen molar-refractivity contribution in [3.63, 3.8) is 0 Å². The Balaban J connectivity index is 1.26. The molecule has 0 radical (unpaired) electrons. The Morgan fingerprint density at radius 2 is 1.82 bits per heavy atom. The number of morpholine rings is 1. The van der Waals surface area contributed by atoms with Gasteiger partial charge in [-0.3, -0.25) is 4.90 Å². The number of halogens is 2. The van der Waals surface area contributed by atoms with Crippen molar-refractivity contribution in [3.8, 4) is 0 Å². The summed E-state index contributed by atoms with van der Waals surface area (Å²) in [4.78, 5) is 15.6. The maximum atomic E-state index is 13.4. The van der Waals surface area contributed by atoms with Gasteiger partial charge in [-0.05, 0) is 42.3 Å². The third-order valence-electron chi connectivity index (χ3n) is 5.40. The Morgan fingerprint density at radius 1 is 1.03 bits per heavy atom. The highest BCUT2D eigenvalue weighted by molar-refractivity contribution is 7.22. The van der Waals surface area contributed by atoms with E-state index in [-0.39, 0.29) is 5.02 Å². The van der Waals surface area contributed by atoms with Gasteiger partial charge in [-0.25, -0.2) is 14.4 Å². The van der Waals surface area contributed by atoms with E-state index >= 15 is 0 Å². The highest BCUT2D eigenvalue weighted by Crippen LogP contribution is 2.33. The molecule has 170 valence electrons. The number of hydrogen-bond acceptors (Lipinski definition) is 8. The molecule has 2 N–H and O–H groups in total. The van der Waals surface area contributed by atoms with Crippen molar-refractivity contribution in [2.45, 2.75) is 6.42 Å². The lowest BCUT2D eigenvalue weighted by Gasteiger charge is -2.26. The zero-order valence-electron chi connectivity index (χ0n) is 17.7. The van der Waals surface area contributed by atoms with Crippen molar-refractivity contribution in [3.05, 3.63) is 65.2 Å². The van der Waals surface area contributed by atoms with Crippen molar-refractivity contribution < 1.29 is 9.13 Å². The lowest BCUT2D eigenvalue weighted by molar-refractivity contribution is 0.0384. The zero-order valence-corrected chi connectivity index (χ0v) is 19.3. The van der Waals surface area contributed by atoms with Gasteiger partial charge in [-0.2, -0.15) is 4.98 Å². The van der Waals surface area contributed by atoms with Gasteiger partial charge in [0.25, 0.3) is 0 Å². The predicted molar refractivity (Wildman–Crippen MR) is 131 cm³/mol. The maximum absolute atomic E-state index is 13.4. The van der Waals surface area contributed by atoms with E-state index in [1.54, 1.807) is 6.07 Å². The van der Waals surface area contributed by atoms with Crippen LogP contribution in [-0.2, 0) is 11.2 Å². The first-order valence-electron chi connectivity index (χ1n) is 10.6. The summed E-state index contributed by atoms with van der Waals surface area (Å²) in [6.07, 6.45) is 2.46. The van der Waals surface area contributed by atoms with Crippen molar-refractivity contribution >= 4 is 55.6 Å². The van der Waals surface area contributed by atoms with E-state index in [0.29, 0.717) is 22.3 Å². The number of hydrogen-bond donors (Lipinski definition) is 2. The molecule has 4 aromatic rings. The molecule has 0 unspecified atom stereocenters. The Morgan fingerprint density at radius 3 is 2.61 bits per heavy atom. The number of aromatic nitrogens is 3. The highest BCUT2D eigenvalue weighted by atomic mass is 35.5. The molecule has 33 heavy (non-hydrogen) atoms. The molecule has 7 nitrogen and oxygen atoms in total. The number of nitrogens with one attached hydrogen (secondary N) is 2. The van der Waals surface area contributed by atoms with Crippen LogP contribution in [0.25, 0.3) is 10.3 Å². The number of fused-ring (bicyclic) bond motifs is 1. The van der Waals surface area contributed by atoms with Crippen LogP contribution in [0.1, 0.15) is 5.56 Å². The van der Waals surface area contributed by atoms with E-state index in [2.05, 4.69) is 54.8 Å². The SMILES string of the molecule is Fc1ccc(Nc2ncnc3nc(Nc4ccc(CCN5CCOCC5)cc4)sc23)cc1Cl. The fourth-order valence-electron chi connectivity index (χ4n) is 3.60. The van der Waals surface area contributed by atoms with Crippen LogP contribution in [0.3, 0.4) is 0 Å². The van der Waals surface area contributed by atoms with Gasteiger partial charge in [0.05, 0.1) is 18.2 Å². The first-order valence-corrected chi connectivity index (χ1v) is 11.8. The van der Waals surface area contributed by atoms with Gasteiger partial charge < -0.3 is 15.4 Å². The normalized spacial score (nSPS) is 14.5. The third kappa shape index (κ3) is 5.39. The van der Waals surface area contributed by atoms with Gasteiger partial charge >= 0.3 is 0 Å². The third-order valence-corrected chi connectivity index (χ3v) is 6.66. The number of anilines is 4. The molecule has 0 bridgehead atoms. The summed E-state index contributed by atoms with van der Waals surface area (Å²) >= 11 is 7.33. The lowest BCUT2D eigenvalue weighted by atomic mass is 10.1. The van der Waals surface area contributed by atoms with Crippen LogP contribution in [0.2, 0.25) is 5.02 Å². The van der Waals surface area contributed by atoms with Gasteiger partial charge in [0.2, 0.25) is 0 Å². The summed E-state index contributed by atoms with van der Waals surface area (Å²) in [5, 5.41) is 7.28. The fraction of sp³-hybridized carbons (Fsp3) is 0.261. The van der Waals surface area contributed by atoms with Gasteiger partial charge in [0.1, 0.15) is 16.8 Å². The van der Waals surface area contributed by atoms with E-state index in [4.69, 9.17) is 16.3 Å². The number of thiazole rings is 1. The molecule has 0 atom stereocenters. The monoisotopic (exact) mass is 484 g/mol. The van der Waals surface area contributed by atoms with Crippen molar-refractivity contribution in [1.29, 1.82) is 0 Å². The second-order valence-corrected chi connectivity index (χ2v) is 9.08. The number of benzene rings is 2. The zero-order chi connectivity index (χ0) is 22.6. The van der Waals surface area contributed by atoms with Gasteiger partial charge in [0, 0.05) is 31.0 Å². The summed E-state index contributed by atoms with van der Waals surface area (Å²) in [5.74, 6) is 0.123. The molecule has 0 aliphatic carbocycles. The van der Waals surface area contributed by atoms with Crippen LogP contribution in [0.5, 0.6) is 0 Å². The summed E-state index contributed by atoms with van der Waals surface area (Å²) < 4.78 is 19.6. The van der Waals surface area contributed by atoms with Crippen LogP contribution in [0, 0.1) is 5.82 Å². The number of rotatable bonds is 7. The summed E-state index contributed by atoms with van der Waals surface area (Å²) in [6.45, 7) is 4.70. The van der Waals surface area contributed by atoms with Crippen LogP contribution in [-0.4, -0.2) is 52.7 Å². The Hall–Kier alpha value is -2.85. The molecule has 1 aliphatic rings. The molecule has 5 rings (SSSR count). The van der Waals surface area contributed by atoms with Crippen LogP contribution >= 0.6 is 22.9 Å². The Labute approximate surface area is 199 Å². The Kier molecular flexibility index (Phi) is 6.63. The summed E-state index contributed by atoms with van der Waals surface area (Å²) in [6, 6.07) is 12.8. The molecular weight excluding hydrogens is 463 g/mol. The minimum absolute atomic E-state index is 0.0466. The fourth-order valence-corrected chi connectivity index (χ4v) is 4.66. The molecule has 10 heteroatoms. The number of ether oxygens (including phenoxy) is 1. The first-order chi connectivity index (χ1) is 16.1. The van der Waals surface area contributed by atoms with Gasteiger partial charge in [-0.1, -0.05) is 35.1 Å². The van der Waals surface area contributed by atoms with Crippen LogP contribution < -0.4 is 10.6 Å². The minimum Gasteiger partial charge on any atom is -0.379 e. The lowest BCUT2D eigenvalue weighted by Crippen LogP contribution is -2.37. The largest absolute Gasteiger partial charge is 0.379 e. The molecule has 1 aliphatic heterocycles. The van der Waals surface area contributed by atoms with Crippen LogP contribution in [0.15, 0.2) is 48.8 Å². The average Bonchev–Trinajstić information content (AvgIpc) is 3.25. The van der Waals surface area contributed by atoms with Crippen molar-refractivity contribution in [1.82, 2.24) is 19.9 Å². The van der Waals surface area contributed by atoms with E-state index < -0.39 is 5.82 Å². The highest BCUT2D eigenvalue weighted by Gasteiger charge is 2.13. The smallest absolute Gasteiger partial charge is 0.189 e. The molecule has 1 saturated heterocycles. The van der Waals surface area contributed by atoms with Gasteiger partial charge in [-0.15, -0.1) is 0 Å². The standard InChI is InChI=1S/C23H22ClFN6OS/c24-18-13-17(5-6-19(18)25)28-21-20-22(27-14-26-21)30-23(33-20)29-16-3-1-15(2-4-16)7-8-31-9-11-32-12-10-31/h1-6,13-14H,7-12H2,(H2,26,27,28,29,30). The number of nitrogens with zero attached hydrogens (tertiary/aromatic N) is 4. The van der Waals surface area contributed by atoms with E-state index in [0.717, 1.165) is 49.7 Å². The predicted octanol–water partition coefficient (Wildman–Crippen LogP) is 5.24. The summed E-state index contributed by atoms with van der Waals surface area (Å²) in [7, 11) is 0. The quantitative estimate of drug-likeness (QED) is 0.371. The average molecular weight is 485 g/mol. The second-order valence-electron chi connectivity index (χ2n) is 7.67. The molecule has 2 aromatic carbocycles. The molecular formula is C23H22ClFN6OS. The van der Waals surface area contributed by atoms with Crippen LogP contribution in [0.4, 0.5) is 26.7 Å². The molecule has 0 spiro atoms. The molecule has 3 heterocycles. The topological polar surface area (TPSA) is 75.2 Å². The molecule has 0 saturated carbocycles.